The maximum atomic E-state index is 13.7. The average Bonchev–Trinajstić information content (AvgIpc) is 3.44. The molecular formula is C27H27ClN2O4S2. The number of aliphatic hydroxyl groups is 1. The first kappa shape index (κ1) is 25.1. The van der Waals surface area contributed by atoms with Gasteiger partial charge in [-0.3, -0.25) is 9.10 Å². The largest absolute Gasteiger partial charge is 0.511 e. The number of methoxy groups -OCH3 is 1. The summed E-state index contributed by atoms with van der Waals surface area (Å²) >= 11 is 12.6. The molecule has 3 aromatic rings. The summed E-state index contributed by atoms with van der Waals surface area (Å²) in [6.45, 7) is 0. The molecule has 1 fully saturated rings. The fourth-order valence-corrected chi connectivity index (χ4v) is 6.42. The summed E-state index contributed by atoms with van der Waals surface area (Å²) in [6, 6.07) is 14.4. The molecule has 6 nitrogen and oxygen atoms in total. The smallest absolute Gasteiger partial charge is 0.268 e. The maximum Gasteiger partial charge on any atom is 0.268 e. The standard InChI is InChI=1S/C27H27ClN2O4S2/c1-33-18-9-11-19(12-10-18)34-24-8-4-7-23(29-24)27(17-13-14-36-16-17)15-22(31)25(26(32)30(27)35)20-5-2-3-6-21(20)28/h2-8,13-14,16,18-19,31,35H,9-12,15H2,1H3. The number of nitrogens with zero attached hydrogens (tertiary/aromatic N) is 2. The fraction of sp³-hybridized carbons (Fsp3) is 0.333. The lowest BCUT2D eigenvalue weighted by Crippen LogP contribution is -2.49. The first-order valence-corrected chi connectivity index (χ1v) is 13.6. The Labute approximate surface area is 225 Å². The number of halogens is 1. The topological polar surface area (TPSA) is 71.9 Å². The van der Waals surface area contributed by atoms with Gasteiger partial charge in [0, 0.05) is 30.2 Å². The first-order chi connectivity index (χ1) is 17.4. The molecule has 3 heterocycles. The van der Waals surface area contributed by atoms with Crippen LogP contribution in [0.3, 0.4) is 0 Å². The van der Waals surface area contributed by atoms with E-state index in [4.69, 9.17) is 38.9 Å². The first-order valence-electron chi connectivity index (χ1n) is 11.8. The van der Waals surface area contributed by atoms with Crippen molar-refractivity contribution in [1.82, 2.24) is 9.29 Å². The predicted molar refractivity (Wildman–Crippen MR) is 144 cm³/mol. The molecule has 1 atom stereocenters. The van der Waals surface area contributed by atoms with E-state index in [9.17, 15) is 9.90 Å². The zero-order chi connectivity index (χ0) is 25.3. The van der Waals surface area contributed by atoms with Crippen molar-refractivity contribution >= 4 is 47.2 Å². The molecule has 0 spiro atoms. The third kappa shape index (κ3) is 4.52. The van der Waals surface area contributed by atoms with Gasteiger partial charge in [-0.05, 0) is 60.2 Å². The van der Waals surface area contributed by atoms with Crippen molar-refractivity contribution in [3.05, 3.63) is 86.9 Å². The van der Waals surface area contributed by atoms with Crippen LogP contribution in [-0.4, -0.2) is 39.6 Å². The second kappa shape index (κ2) is 10.5. The normalized spacial score (nSPS) is 24.8. The van der Waals surface area contributed by atoms with Gasteiger partial charge in [-0.25, -0.2) is 4.98 Å². The maximum absolute atomic E-state index is 13.7. The number of rotatable bonds is 6. The fourth-order valence-electron chi connectivity index (χ4n) is 5.08. The van der Waals surface area contributed by atoms with Crippen molar-refractivity contribution in [2.75, 3.05) is 7.11 Å². The minimum Gasteiger partial charge on any atom is -0.511 e. The van der Waals surface area contributed by atoms with Crippen LogP contribution in [0.1, 0.15) is 48.9 Å². The van der Waals surface area contributed by atoms with Crippen LogP contribution in [0, 0.1) is 0 Å². The van der Waals surface area contributed by atoms with E-state index >= 15 is 0 Å². The van der Waals surface area contributed by atoms with Crippen molar-refractivity contribution in [1.29, 1.82) is 0 Å². The van der Waals surface area contributed by atoms with E-state index in [2.05, 4.69) is 0 Å². The Bertz CT molecular complexity index is 1270. The Morgan fingerprint density at radius 1 is 1.11 bits per heavy atom. The monoisotopic (exact) mass is 542 g/mol. The number of pyridine rings is 1. The van der Waals surface area contributed by atoms with E-state index in [1.807, 2.05) is 35.0 Å². The summed E-state index contributed by atoms with van der Waals surface area (Å²) in [5, 5.41) is 15.5. The minimum absolute atomic E-state index is 0.0523. The van der Waals surface area contributed by atoms with Crippen molar-refractivity contribution < 1.29 is 19.4 Å². The Kier molecular flexibility index (Phi) is 7.30. The van der Waals surface area contributed by atoms with Crippen molar-refractivity contribution in [2.24, 2.45) is 0 Å². The van der Waals surface area contributed by atoms with E-state index in [1.54, 1.807) is 31.4 Å². The number of ether oxygens (including phenoxy) is 2. The molecule has 1 aliphatic carbocycles. The SMILES string of the molecule is COC1CCC(Oc2cccc(C3(c4ccsc4)CC(O)=C(c4ccccc4Cl)C(=O)N3S)n2)CC1. The summed E-state index contributed by atoms with van der Waals surface area (Å²) in [4.78, 5) is 18.6. The van der Waals surface area contributed by atoms with Crippen molar-refractivity contribution in [2.45, 2.75) is 49.9 Å². The molecule has 188 valence electrons. The highest BCUT2D eigenvalue weighted by atomic mass is 35.5. The second-order valence-corrected chi connectivity index (χ2v) is 10.7. The molecule has 0 saturated heterocycles. The Morgan fingerprint density at radius 2 is 1.86 bits per heavy atom. The Hall–Kier alpha value is -2.52. The number of hydrogen-bond acceptors (Lipinski definition) is 7. The molecule has 0 radical (unpaired) electrons. The van der Waals surface area contributed by atoms with Crippen LogP contribution in [0.4, 0.5) is 0 Å². The summed E-state index contributed by atoms with van der Waals surface area (Å²) < 4.78 is 13.1. The molecule has 2 aromatic heterocycles. The van der Waals surface area contributed by atoms with E-state index in [1.165, 1.54) is 15.6 Å². The molecule has 5 rings (SSSR count). The number of carbonyl (C=O) groups is 1. The molecule has 9 heteroatoms. The van der Waals surface area contributed by atoms with Gasteiger partial charge in [-0.2, -0.15) is 11.3 Å². The van der Waals surface area contributed by atoms with Gasteiger partial charge < -0.3 is 14.6 Å². The van der Waals surface area contributed by atoms with Gasteiger partial charge in [0.1, 0.15) is 17.4 Å². The van der Waals surface area contributed by atoms with Crippen LogP contribution in [0.5, 0.6) is 5.88 Å². The number of thiol groups is 1. The van der Waals surface area contributed by atoms with Crippen molar-refractivity contribution in [3.63, 3.8) is 0 Å². The van der Waals surface area contributed by atoms with Crippen LogP contribution >= 0.6 is 35.8 Å². The number of aliphatic hydroxyl groups excluding tert-OH is 1. The number of benzene rings is 1. The van der Waals surface area contributed by atoms with Crippen LogP contribution in [0.2, 0.25) is 5.02 Å². The van der Waals surface area contributed by atoms with Crippen LogP contribution in [0.25, 0.3) is 5.57 Å². The molecule has 2 aliphatic rings. The van der Waals surface area contributed by atoms with E-state index in [0.717, 1.165) is 31.2 Å². The molecule has 1 unspecified atom stereocenters. The quantitative estimate of drug-likeness (QED) is 0.351. The zero-order valence-corrected chi connectivity index (χ0v) is 22.2. The number of thiophene rings is 1. The van der Waals surface area contributed by atoms with Gasteiger partial charge in [-0.1, -0.05) is 48.7 Å². The molecule has 1 aliphatic heterocycles. The predicted octanol–water partition coefficient (Wildman–Crippen LogP) is 6.42. The van der Waals surface area contributed by atoms with Gasteiger partial charge >= 0.3 is 0 Å². The van der Waals surface area contributed by atoms with Gasteiger partial charge in [0.05, 0.1) is 17.4 Å². The number of aromatic nitrogens is 1. The van der Waals surface area contributed by atoms with Gasteiger partial charge in [0.15, 0.2) is 0 Å². The summed E-state index contributed by atoms with van der Waals surface area (Å²) in [7, 11) is 1.75. The zero-order valence-electron chi connectivity index (χ0n) is 19.8. The molecule has 36 heavy (non-hydrogen) atoms. The van der Waals surface area contributed by atoms with Gasteiger partial charge in [-0.15, -0.1) is 0 Å². The van der Waals surface area contributed by atoms with Gasteiger partial charge in [0.2, 0.25) is 5.88 Å². The van der Waals surface area contributed by atoms with Gasteiger partial charge in [0.25, 0.3) is 5.91 Å². The molecule has 1 aromatic carbocycles. The molecule has 0 bridgehead atoms. The highest BCUT2D eigenvalue weighted by molar-refractivity contribution is 7.78. The Morgan fingerprint density at radius 3 is 2.56 bits per heavy atom. The summed E-state index contributed by atoms with van der Waals surface area (Å²) in [5.41, 5.74) is 0.866. The minimum atomic E-state index is -1.12. The lowest BCUT2D eigenvalue weighted by molar-refractivity contribution is -0.124. The molecule has 1 amide bonds. The third-order valence-electron chi connectivity index (χ3n) is 7.01. The number of hydrogen-bond donors (Lipinski definition) is 2. The molecule has 1 saturated carbocycles. The number of amides is 1. The van der Waals surface area contributed by atoms with Crippen molar-refractivity contribution in [3.8, 4) is 5.88 Å². The van der Waals surface area contributed by atoms with Crippen LogP contribution in [-0.2, 0) is 15.1 Å². The number of carbonyl (C=O) groups excluding carboxylic acids is 1. The van der Waals surface area contributed by atoms with Crippen LogP contribution in [0.15, 0.2) is 65.1 Å². The second-order valence-electron chi connectivity index (χ2n) is 9.08. The lowest BCUT2D eigenvalue weighted by atomic mass is 9.79. The van der Waals surface area contributed by atoms with E-state index in [-0.39, 0.29) is 30.0 Å². The third-order valence-corrected chi connectivity index (χ3v) is 8.55. The molecule has 1 N–H and O–H groups in total. The lowest BCUT2D eigenvalue weighted by Gasteiger charge is -2.43. The highest BCUT2D eigenvalue weighted by Gasteiger charge is 2.50. The van der Waals surface area contributed by atoms with Crippen LogP contribution < -0.4 is 4.74 Å². The molecular weight excluding hydrogens is 516 g/mol. The summed E-state index contributed by atoms with van der Waals surface area (Å²) in [6.07, 6.45) is 4.10. The summed E-state index contributed by atoms with van der Waals surface area (Å²) in [5.74, 6) is -0.0273. The highest BCUT2D eigenvalue weighted by Crippen LogP contribution is 2.48. The van der Waals surface area contributed by atoms with E-state index < -0.39 is 11.4 Å². The Balaban J connectivity index is 1.54. The van der Waals surface area contributed by atoms with E-state index in [0.29, 0.717) is 22.2 Å². The average molecular weight is 543 g/mol.